The van der Waals surface area contributed by atoms with Gasteiger partial charge in [-0.25, -0.2) is 0 Å². The van der Waals surface area contributed by atoms with Gasteiger partial charge in [0.05, 0.1) is 12.0 Å². The number of carboxylic acid groups (broad SMARTS) is 1. The van der Waals surface area contributed by atoms with Gasteiger partial charge in [0, 0.05) is 19.5 Å². The summed E-state index contributed by atoms with van der Waals surface area (Å²) in [5.41, 5.74) is -0.839. The fourth-order valence-electron chi connectivity index (χ4n) is 2.57. The van der Waals surface area contributed by atoms with Crippen molar-refractivity contribution in [1.82, 2.24) is 15.0 Å². The Bertz CT molecular complexity index is 484. The summed E-state index contributed by atoms with van der Waals surface area (Å²) in [6, 6.07) is 0. The summed E-state index contributed by atoms with van der Waals surface area (Å²) in [5.74, 6) is 0.0527. The maximum Gasteiger partial charge on any atom is 0.310 e. The largest absolute Gasteiger partial charge is 0.481 e. The van der Waals surface area contributed by atoms with Gasteiger partial charge in [-0.05, 0) is 19.9 Å². The normalized spacial score (nSPS) is 20.6. The zero-order valence-electron chi connectivity index (χ0n) is 12.8. The smallest absolute Gasteiger partial charge is 0.310 e. The van der Waals surface area contributed by atoms with Crippen molar-refractivity contribution >= 4 is 5.97 Å². The van der Waals surface area contributed by atoms with Crippen LogP contribution in [0.5, 0.6) is 0 Å². The molecule has 0 aromatic carbocycles. The molecule has 1 saturated heterocycles. The van der Waals surface area contributed by atoms with Crippen molar-refractivity contribution in [2.24, 2.45) is 5.41 Å². The molecule has 0 bridgehead atoms. The minimum atomic E-state index is -0.839. The molecule has 0 radical (unpaired) electrons. The van der Waals surface area contributed by atoms with Gasteiger partial charge in [0.2, 0.25) is 11.7 Å². The van der Waals surface area contributed by atoms with Crippen LogP contribution in [0.3, 0.4) is 0 Å². The fraction of sp³-hybridized carbons (Fsp3) is 0.786. The van der Waals surface area contributed by atoms with Crippen LogP contribution in [0.15, 0.2) is 4.52 Å². The zero-order chi connectivity index (χ0) is 15.5. The van der Waals surface area contributed by atoms with E-state index in [0.717, 1.165) is 6.54 Å². The second-order valence-corrected chi connectivity index (χ2v) is 5.64. The summed E-state index contributed by atoms with van der Waals surface area (Å²) < 4.78 is 10.9. The number of aromatic nitrogens is 2. The number of hydrogen-bond donors (Lipinski definition) is 1. The van der Waals surface area contributed by atoms with Crippen LogP contribution in [0, 0.1) is 5.41 Å². The molecule has 0 aliphatic carbocycles. The standard InChI is InChI=1S/C14H23N3O4/c1-4-14(5-2,13(18)19)8-11-15-12(16-21-11)10-9-17(3)6-7-20-10/h10H,4-9H2,1-3H3,(H,18,19). The Morgan fingerprint density at radius 3 is 2.76 bits per heavy atom. The highest BCUT2D eigenvalue weighted by atomic mass is 16.5. The lowest BCUT2D eigenvalue weighted by Crippen LogP contribution is -2.35. The number of aliphatic carboxylic acids is 1. The van der Waals surface area contributed by atoms with E-state index in [4.69, 9.17) is 9.26 Å². The molecule has 1 aliphatic rings. The molecule has 0 spiro atoms. The van der Waals surface area contributed by atoms with Crippen LogP contribution in [0.1, 0.15) is 44.5 Å². The van der Waals surface area contributed by atoms with E-state index in [9.17, 15) is 9.90 Å². The molecule has 1 N–H and O–H groups in total. The number of morpholine rings is 1. The number of likely N-dealkylation sites (N-methyl/N-ethyl adjacent to an activating group) is 1. The summed E-state index contributed by atoms with van der Waals surface area (Å²) in [6.45, 7) is 5.97. The van der Waals surface area contributed by atoms with E-state index >= 15 is 0 Å². The predicted octanol–water partition coefficient (Wildman–Crippen LogP) is 1.51. The van der Waals surface area contributed by atoms with E-state index < -0.39 is 11.4 Å². The molecule has 1 unspecified atom stereocenters. The third kappa shape index (κ3) is 3.41. The summed E-state index contributed by atoms with van der Waals surface area (Å²) in [7, 11) is 2.01. The molecule has 2 rings (SSSR count). The number of nitrogens with zero attached hydrogens (tertiary/aromatic N) is 3. The zero-order valence-corrected chi connectivity index (χ0v) is 12.8. The SMILES string of the molecule is CCC(CC)(Cc1nc(C2CN(C)CCO2)no1)C(=O)O. The van der Waals surface area contributed by atoms with Crippen LogP contribution in [0.4, 0.5) is 0 Å². The molecule has 0 amide bonds. The van der Waals surface area contributed by atoms with Crippen molar-refractivity contribution in [3.05, 3.63) is 11.7 Å². The topological polar surface area (TPSA) is 88.7 Å². The van der Waals surface area contributed by atoms with Crippen molar-refractivity contribution in [3.8, 4) is 0 Å². The average molecular weight is 297 g/mol. The van der Waals surface area contributed by atoms with Crippen molar-refractivity contribution in [2.45, 2.75) is 39.2 Å². The Kier molecular flexibility index (Phi) is 4.95. The first-order chi connectivity index (χ1) is 10.0. The van der Waals surface area contributed by atoms with Gasteiger partial charge in [-0.15, -0.1) is 0 Å². The quantitative estimate of drug-likeness (QED) is 0.851. The average Bonchev–Trinajstić information content (AvgIpc) is 2.93. The molecule has 7 heteroatoms. The maximum atomic E-state index is 11.5. The Morgan fingerprint density at radius 1 is 1.48 bits per heavy atom. The van der Waals surface area contributed by atoms with Crippen LogP contribution in [0.25, 0.3) is 0 Å². The third-order valence-corrected chi connectivity index (χ3v) is 4.34. The van der Waals surface area contributed by atoms with E-state index in [2.05, 4.69) is 15.0 Å². The van der Waals surface area contributed by atoms with Gasteiger partial charge < -0.3 is 19.3 Å². The van der Waals surface area contributed by atoms with Gasteiger partial charge >= 0.3 is 5.97 Å². The highest BCUT2D eigenvalue weighted by Gasteiger charge is 2.37. The Labute approximate surface area is 124 Å². The van der Waals surface area contributed by atoms with Crippen LogP contribution < -0.4 is 0 Å². The lowest BCUT2D eigenvalue weighted by molar-refractivity contribution is -0.149. The molecular formula is C14H23N3O4. The van der Waals surface area contributed by atoms with Crippen LogP contribution in [0.2, 0.25) is 0 Å². The molecule has 0 saturated carbocycles. The fourth-order valence-corrected chi connectivity index (χ4v) is 2.57. The first-order valence-corrected chi connectivity index (χ1v) is 7.36. The lowest BCUT2D eigenvalue weighted by Gasteiger charge is -2.27. The van der Waals surface area contributed by atoms with Gasteiger partial charge in [-0.2, -0.15) is 4.98 Å². The minimum absolute atomic E-state index is 0.205. The van der Waals surface area contributed by atoms with Crippen LogP contribution in [-0.4, -0.2) is 52.9 Å². The van der Waals surface area contributed by atoms with Crippen molar-refractivity contribution in [1.29, 1.82) is 0 Å². The van der Waals surface area contributed by atoms with Crippen molar-refractivity contribution in [3.63, 3.8) is 0 Å². The molecule has 1 fully saturated rings. The van der Waals surface area contributed by atoms with E-state index in [-0.39, 0.29) is 12.5 Å². The van der Waals surface area contributed by atoms with Gasteiger partial charge in [-0.3, -0.25) is 4.79 Å². The predicted molar refractivity (Wildman–Crippen MR) is 74.8 cm³/mol. The molecule has 1 aliphatic heterocycles. The number of rotatable bonds is 6. The molecule has 21 heavy (non-hydrogen) atoms. The number of hydrogen-bond acceptors (Lipinski definition) is 6. The molecule has 118 valence electrons. The van der Waals surface area contributed by atoms with Gasteiger partial charge in [-0.1, -0.05) is 19.0 Å². The summed E-state index contributed by atoms with van der Waals surface area (Å²) in [6.07, 6.45) is 1.10. The highest BCUT2D eigenvalue weighted by molar-refractivity contribution is 5.74. The van der Waals surface area contributed by atoms with Gasteiger partial charge in [0.1, 0.15) is 6.10 Å². The third-order valence-electron chi connectivity index (χ3n) is 4.34. The molecule has 1 aromatic rings. The van der Waals surface area contributed by atoms with E-state index in [0.29, 0.717) is 37.7 Å². The second kappa shape index (κ2) is 6.53. The lowest BCUT2D eigenvalue weighted by atomic mass is 9.79. The van der Waals surface area contributed by atoms with Gasteiger partial charge in [0.25, 0.3) is 0 Å². The maximum absolute atomic E-state index is 11.5. The molecule has 1 atom stereocenters. The first kappa shape index (κ1) is 15.9. The Balaban J connectivity index is 2.10. The number of carbonyl (C=O) groups is 1. The molecule has 7 nitrogen and oxygen atoms in total. The molecule has 2 heterocycles. The Morgan fingerprint density at radius 2 is 2.19 bits per heavy atom. The summed E-state index contributed by atoms with van der Waals surface area (Å²) in [4.78, 5) is 18.0. The van der Waals surface area contributed by atoms with Crippen molar-refractivity contribution in [2.75, 3.05) is 26.7 Å². The van der Waals surface area contributed by atoms with E-state index in [1.54, 1.807) is 0 Å². The minimum Gasteiger partial charge on any atom is -0.481 e. The number of ether oxygens (including phenoxy) is 1. The Hall–Kier alpha value is -1.47. The number of carboxylic acids is 1. The van der Waals surface area contributed by atoms with Crippen LogP contribution >= 0.6 is 0 Å². The van der Waals surface area contributed by atoms with E-state index in [1.165, 1.54) is 0 Å². The van der Waals surface area contributed by atoms with Gasteiger partial charge in [0.15, 0.2) is 0 Å². The van der Waals surface area contributed by atoms with E-state index in [1.807, 2.05) is 20.9 Å². The monoisotopic (exact) mass is 297 g/mol. The first-order valence-electron chi connectivity index (χ1n) is 7.36. The molecular weight excluding hydrogens is 274 g/mol. The summed E-state index contributed by atoms with van der Waals surface area (Å²) in [5, 5.41) is 13.4. The summed E-state index contributed by atoms with van der Waals surface area (Å²) >= 11 is 0. The van der Waals surface area contributed by atoms with Crippen molar-refractivity contribution < 1.29 is 19.2 Å². The second-order valence-electron chi connectivity index (χ2n) is 5.64. The molecule has 1 aromatic heterocycles. The van der Waals surface area contributed by atoms with Crippen LogP contribution in [-0.2, 0) is 16.0 Å². The highest BCUT2D eigenvalue weighted by Crippen LogP contribution is 2.31.